The zero-order chi connectivity index (χ0) is 15.4. The second-order valence-corrected chi connectivity index (χ2v) is 4.88. The van der Waals surface area contributed by atoms with Gasteiger partial charge in [-0.2, -0.15) is 0 Å². The molecule has 108 valence electrons. The van der Waals surface area contributed by atoms with Gasteiger partial charge in [-0.25, -0.2) is 9.37 Å². The lowest BCUT2D eigenvalue weighted by molar-refractivity contribution is -0.112. The molecule has 1 heterocycles. The maximum absolute atomic E-state index is 13.5. The summed E-state index contributed by atoms with van der Waals surface area (Å²) >= 11 is 0. The van der Waals surface area contributed by atoms with Crippen molar-refractivity contribution < 1.29 is 9.18 Å². The minimum Gasteiger partial charge on any atom is -0.343 e. The van der Waals surface area contributed by atoms with Gasteiger partial charge in [0.2, 0.25) is 0 Å². The van der Waals surface area contributed by atoms with E-state index in [0.717, 1.165) is 11.3 Å². The topological polar surface area (TPSA) is 45.8 Å². The zero-order valence-electron chi connectivity index (χ0n) is 12.1. The van der Waals surface area contributed by atoms with Crippen LogP contribution in [0.5, 0.6) is 0 Å². The quantitative estimate of drug-likeness (QED) is 0.669. The molecule has 4 heteroatoms. The number of aromatic nitrogens is 2. The number of halogens is 1. The lowest BCUT2D eigenvalue weighted by atomic mass is 9.95. The van der Waals surface area contributed by atoms with Crippen molar-refractivity contribution in [2.45, 2.75) is 20.3 Å². The van der Waals surface area contributed by atoms with Crippen molar-refractivity contribution in [1.82, 2.24) is 9.97 Å². The fourth-order valence-electron chi connectivity index (χ4n) is 2.08. The molecule has 0 aliphatic rings. The third-order valence-electron chi connectivity index (χ3n) is 3.12. The van der Waals surface area contributed by atoms with E-state index in [2.05, 4.69) is 16.5 Å². The molecule has 1 N–H and O–H groups in total. The predicted molar refractivity (Wildman–Crippen MR) is 82.2 cm³/mol. The summed E-state index contributed by atoms with van der Waals surface area (Å²) in [5, 5.41) is 0. The SMILES string of the molecule is C=CCC(=O)/C(=C\c1ncc(C)[nH]1)c1cc(F)ccc1C. The van der Waals surface area contributed by atoms with Crippen LogP contribution in [-0.4, -0.2) is 15.8 Å². The number of aryl methyl sites for hydroxylation is 2. The molecule has 0 saturated heterocycles. The number of rotatable bonds is 5. The Morgan fingerprint density at radius 3 is 2.81 bits per heavy atom. The van der Waals surface area contributed by atoms with Gasteiger partial charge in [0.15, 0.2) is 5.78 Å². The molecule has 0 bridgehead atoms. The van der Waals surface area contributed by atoms with Gasteiger partial charge in [-0.15, -0.1) is 6.58 Å². The summed E-state index contributed by atoms with van der Waals surface area (Å²) in [6.07, 6.45) is 5.07. The Morgan fingerprint density at radius 1 is 1.43 bits per heavy atom. The highest BCUT2D eigenvalue weighted by Gasteiger charge is 2.14. The van der Waals surface area contributed by atoms with Crippen LogP contribution in [0.15, 0.2) is 37.1 Å². The molecule has 0 saturated carbocycles. The van der Waals surface area contributed by atoms with Crippen LogP contribution in [0.25, 0.3) is 11.6 Å². The average Bonchev–Trinajstić information content (AvgIpc) is 2.85. The molecule has 2 rings (SSSR count). The highest BCUT2D eigenvalue weighted by molar-refractivity contribution is 6.25. The van der Waals surface area contributed by atoms with Gasteiger partial charge < -0.3 is 4.98 Å². The lowest BCUT2D eigenvalue weighted by Crippen LogP contribution is -2.03. The Morgan fingerprint density at radius 2 is 2.19 bits per heavy atom. The summed E-state index contributed by atoms with van der Waals surface area (Å²) in [4.78, 5) is 19.5. The highest BCUT2D eigenvalue weighted by Crippen LogP contribution is 2.24. The minimum absolute atomic E-state index is 0.118. The van der Waals surface area contributed by atoms with Crippen molar-refractivity contribution in [1.29, 1.82) is 0 Å². The minimum atomic E-state index is -0.372. The Balaban J connectivity index is 2.55. The number of carbonyl (C=O) groups excluding carboxylic acids is 1. The first-order chi connectivity index (χ1) is 10.0. The van der Waals surface area contributed by atoms with Crippen molar-refractivity contribution in [2.75, 3.05) is 0 Å². The third kappa shape index (κ3) is 3.54. The van der Waals surface area contributed by atoms with Crippen LogP contribution in [0.1, 0.15) is 29.1 Å². The Bertz CT molecular complexity index is 713. The molecular formula is C17H17FN2O. The summed E-state index contributed by atoms with van der Waals surface area (Å²) in [5.41, 5.74) is 2.74. The molecule has 1 aromatic carbocycles. The standard InChI is InChI=1S/C17H17FN2O/c1-4-5-16(21)15(9-17-19-10-12(3)20-17)14-8-13(18)7-6-11(14)2/h4,6-10H,1,5H2,2-3H3,(H,19,20)/b15-9-. The Kier molecular flexibility index (Phi) is 4.48. The summed E-state index contributed by atoms with van der Waals surface area (Å²) in [5.74, 6) is 0.0832. The van der Waals surface area contributed by atoms with Crippen molar-refractivity contribution >= 4 is 17.4 Å². The Hall–Kier alpha value is -2.49. The molecule has 3 nitrogen and oxygen atoms in total. The molecule has 2 aromatic rings. The van der Waals surface area contributed by atoms with Gasteiger partial charge in [-0.3, -0.25) is 4.79 Å². The molecule has 0 aliphatic carbocycles. The molecule has 21 heavy (non-hydrogen) atoms. The fourth-order valence-corrected chi connectivity index (χ4v) is 2.08. The molecule has 0 atom stereocenters. The average molecular weight is 284 g/mol. The number of nitrogens with zero attached hydrogens (tertiary/aromatic N) is 1. The molecule has 0 aliphatic heterocycles. The maximum atomic E-state index is 13.5. The van der Waals surface area contributed by atoms with Gasteiger partial charge in [0.25, 0.3) is 0 Å². The van der Waals surface area contributed by atoms with Crippen LogP contribution in [-0.2, 0) is 4.79 Å². The molecular weight excluding hydrogens is 267 g/mol. The van der Waals surface area contributed by atoms with Crippen molar-refractivity contribution in [3.8, 4) is 0 Å². The molecule has 0 unspecified atom stereocenters. The second kappa shape index (κ2) is 6.31. The van der Waals surface area contributed by atoms with E-state index in [9.17, 15) is 9.18 Å². The first kappa shape index (κ1) is 14.9. The predicted octanol–water partition coefficient (Wildman–Crippen LogP) is 3.85. The van der Waals surface area contributed by atoms with E-state index in [4.69, 9.17) is 0 Å². The van der Waals surface area contributed by atoms with Gasteiger partial charge in [-0.1, -0.05) is 12.1 Å². The van der Waals surface area contributed by atoms with Crippen LogP contribution in [0, 0.1) is 19.7 Å². The summed E-state index contributed by atoms with van der Waals surface area (Å²) in [7, 11) is 0. The number of ketones is 1. The van der Waals surface area contributed by atoms with Crippen LogP contribution in [0.4, 0.5) is 4.39 Å². The van der Waals surface area contributed by atoms with E-state index in [1.54, 1.807) is 18.3 Å². The summed E-state index contributed by atoms with van der Waals surface area (Å²) < 4.78 is 13.5. The van der Waals surface area contributed by atoms with Gasteiger partial charge in [0.1, 0.15) is 11.6 Å². The molecule has 0 radical (unpaired) electrons. The summed E-state index contributed by atoms with van der Waals surface area (Å²) in [6.45, 7) is 7.30. The molecule has 1 aromatic heterocycles. The molecule has 0 amide bonds. The van der Waals surface area contributed by atoms with E-state index in [0.29, 0.717) is 17.0 Å². The maximum Gasteiger partial charge on any atom is 0.167 e. The monoisotopic (exact) mass is 284 g/mol. The van der Waals surface area contributed by atoms with Crippen molar-refractivity contribution in [3.05, 3.63) is 65.5 Å². The number of Topliss-reactive ketones (excluding diaryl/α,β-unsaturated/α-hetero) is 1. The summed E-state index contributed by atoms with van der Waals surface area (Å²) in [6, 6.07) is 4.41. The largest absolute Gasteiger partial charge is 0.343 e. The van der Waals surface area contributed by atoms with Crippen LogP contribution in [0.3, 0.4) is 0 Å². The van der Waals surface area contributed by atoms with Gasteiger partial charge in [0.05, 0.1) is 0 Å². The number of imidazole rings is 1. The number of aromatic amines is 1. The number of H-pyrrole nitrogens is 1. The van der Waals surface area contributed by atoms with E-state index in [1.807, 2.05) is 13.8 Å². The van der Waals surface area contributed by atoms with E-state index >= 15 is 0 Å². The molecule has 0 fully saturated rings. The second-order valence-electron chi connectivity index (χ2n) is 4.88. The number of allylic oxidation sites excluding steroid dienone is 2. The smallest absolute Gasteiger partial charge is 0.167 e. The number of carbonyl (C=O) groups is 1. The third-order valence-corrected chi connectivity index (χ3v) is 3.12. The van der Waals surface area contributed by atoms with Gasteiger partial charge in [0, 0.05) is 23.9 Å². The molecule has 0 spiro atoms. The lowest BCUT2D eigenvalue weighted by Gasteiger charge is -2.09. The highest BCUT2D eigenvalue weighted by atomic mass is 19.1. The van der Waals surface area contributed by atoms with E-state index in [-0.39, 0.29) is 18.0 Å². The van der Waals surface area contributed by atoms with Crippen LogP contribution in [0.2, 0.25) is 0 Å². The van der Waals surface area contributed by atoms with Crippen LogP contribution < -0.4 is 0 Å². The van der Waals surface area contributed by atoms with E-state index in [1.165, 1.54) is 18.2 Å². The normalized spacial score (nSPS) is 11.5. The van der Waals surface area contributed by atoms with E-state index < -0.39 is 0 Å². The van der Waals surface area contributed by atoms with Gasteiger partial charge in [-0.05, 0) is 43.2 Å². The zero-order valence-corrected chi connectivity index (χ0v) is 12.1. The van der Waals surface area contributed by atoms with Crippen LogP contribution >= 0.6 is 0 Å². The first-order valence-electron chi connectivity index (χ1n) is 6.65. The van der Waals surface area contributed by atoms with Crippen molar-refractivity contribution in [2.24, 2.45) is 0 Å². The fraction of sp³-hybridized carbons (Fsp3) is 0.176. The number of hydrogen-bond acceptors (Lipinski definition) is 2. The first-order valence-corrected chi connectivity index (χ1v) is 6.65. The van der Waals surface area contributed by atoms with Gasteiger partial charge >= 0.3 is 0 Å². The van der Waals surface area contributed by atoms with Crippen molar-refractivity contribution in [3.63, 3.8) is 0 Å². The number of nitrogens with one attached hydrogen (secondary N) is 1. The Labute approximate surface area is 123 Å². The number of hydrogen-bond donors (Lipinski definition) is 1. The number of benzene rings is 1.